The molecule has 0 saturated carbocycles. The lowest BCUT2D eigenvalue weighted by atomic mass is 9.74. The smallest absolute Gasteiger partial charge is 0.330 e. The SMILES string of the molecule is COC(=O)/C=C/[C@@]1(C)Cc2ccc(C#N)cc2[C@H]1c1ccccc1. The number of fused-ring (bicyclic) bond motifs is 1. The number of ether oxygens (including phenoxy) is 1. The van der Waals surface area contributed by atoms with Crippen LogP contribution in [0, 0.1) is 16.7 Å². The molecule has 0 fully saturated rings. The summed E-state index contributed by atoms with van der Waals surface area (Å²) in [6, 6.07) is 18.3. The first-order chi connectivity index (χ1) is 11.6. The molecule has 0 saturated heterocycles. The molecule has 24 heavy (non-hydrogen) atoms. The van der Waals surface area contributed by atoms with Gasteiger partial charge in [0.25, 0.3) is 0 Å². The summed E-state index contributed by atoms with van der Waals surface area (Å²) in [5.74, 6) is -0.250. The lowest BCUT2D eigenvalue weighted by Gasteiger charge is -2.29. The van der Waals surface area contributed by atoms with Gasteiger partial charge < -0.3 is 4.74 Å². The molecule has 3 rings (SSSR count). The van der Waals surface area contributed by atoms with Crippen LogP contribution in [0.15, 0.2) is 60.7 Å². The minimum Gasteiger partial charge on any atom is -0.466 e. The molecule has 0 N–H and O–H groups in total. The summed E-state index contributed by atoms with van der Waals surface area (Å²) >= 11 is 0. The van der Waals surface area contributed by atoms with Gasteiger partial charge in [-0.15, -0.1) is 0 Å². The highest BCUT2D eigenvalue weighted by Gasteiger charge is 2.41. The molecule has 0 unspecified atom stereocenters. The van der Waals surface area contributed by atoms with E-state index in [4.69, 9.17) is 4.74 Å². The van der Waals surface area contributed by atoms with Gasteiger partial charge in [-0.05, 0) is 35.2 Å². The number of hydrogen-bond donors (Lipinski definition) is 0. The summed E-state index contributed by atoms with van der Waals surface area (Å²) in [7, 11) is 1.38. The Morgan fingerprint density at radius 3 is 2.71 bits per heavy atom. The normalized spacial score (nSPS) is 22.1. The standard InChI is InChI=1S/C21H19NO2/c1-21(11-10-19(23)24-2)13-17-9-8-15(14-22)12-18(17)20(21)16-6-4-3-5-7-16/h3-12,20H,13H2,1-2H3/b11-10+/t20-,21+/m1/s1. The number of carbonyl (C=O) groups excluding carboxylic acids is 1. The molecular weight excluding hydrogens is 298 g/mol. The Balaban J connectivity index is 2.12. The lowest BCUT2D eigenvalue weighted by Crippen LogP contribution is -2.21. The fourth-order valence-corrected chi connectivity index (χ4v) is 3.65. The highest BCUT2D eigenvalue weighted by Crippen LogP contribution is 2.51. The van der Waals surface area contributed by atoms with E-state index in [1.165, 1.54) is 24.3 Å². The lowest BCUT2D eigenvalue weighted by molar-refractivity contribution is -0.134. The molecule has 2 aromatic carbocycles. The zero-order valence-electron chi connectivity index (χ0n) is 13.8. The number of carbonyl (C=O) groups is 1. The van der Waals surface area contributed by atoms with Gasteiger partial charge in [-0.3, -0.25) is 0 Å². The maximum absolute atomic E-state index is 11.6. The van der Waals surface area contributed by atoms with Crippen molar-refractivity contribution in [2.75, 3.05) is 7.11 Å². The predicted molar refractivity (Wildman–Crippen MR) is 92.4 cm³/mol. The van der Waals surface area contributed by atoms with Gasteiger partial charge >= 0.3 is 5.97 Å². The van der Waals surface area contributed by atoms with Crippen molar-refractivity contribution in [1.29, 1.82) is 5.26 Å². The summed E-state index contributed by atoms with van der Waals surface area (Å²) in [5, 5.41) is 9.24. The van der Waals surface area contributed by atoms with Crippen LogP contribution in [-0.2, 0) is 16.0 Å². The molecule has 3 heteroatoms. The zero-order chi connectivity index (χ0) is 17.2. The third kappa shape index (κ3) is 2.83. The van der Waals surface area contributed by atoms with Crippen LogP contribution in [0.4, 0.5) is 0 Å². The fraction of sp³-hybridized carbons (Fsp3) is 0.238. The highest BCUT2D eigenvalue weighted by molar-refractivity contribution is 5.82. The fourth-order valence-electron chi connectivity index (χ4n) is 3.65. The molecular formula is C21H19NO2. The quantitative estimate of drug-likeness (QED) is 0.635. The second-order valence-electron chi connectivity index (χ2n) is 6.41. The number of benzene rings is 2. The summed E-state index contributed by atoms with van der Waals surface area (Å²) in [6.45, 7) is 2.15. The van der Waals surface area contributed by atoms with E-state index in [9.17, 15) is 10.1 Å². The van der Waals surface area contributed by atoms with Crippen LogP contribution < -0.4 is 0 Å². The van der Waals surface area contributed by atoms with Crippen molar-refractivity contribution >= 4 is 5.97 Å². The molecule has 3 nitrogen and oxygen atoms in total. The number of esters is 1. The Hall–Kier alpha value is -2.86. The second kappa shape index (κ2) is 6.33. The molecule has 2 atom stereocenters. The average molecular weight is 317 g/mol. The van der Waals surface area contributed by atoms with E-state index in [-0.39, 0.29) is 17.3 Å². The molecule has 1 aliphatic carbocycles. The maximum Gasteiger partial charge on any atom is 0.330 e. The van der Waals surface area contributed by atoms with E-state index in [0.29, 0.717) is 5.56 Å². The third-order valence-corrected chi connectivity index (χ3v) is 4.75. The minimum atomic E-state index is -0.350. The first-order valence-corrected chi connectivity index (χ1v) is 7.92. The number of hydrogen-bond acceptors (Lipinski definition) is 3. The first-order valence-electron chi connectivity index (χ1n) is 7.92. The van der Waals surface area contributed by atoms with Crippen LogP contribution in [0.1, 0.15) is 35.1 Å². The number of rotatable bonds is 3. The van der Waals surface area contributed by atoms with E-state index in [1.807, 2.05) is 42.5 Å². The van der Waals surface area contributed by atoms with E-state index in [0.717, 1.165) is 12.0 Å². The highest BCUT2D eigenvalue weighted by atomic mass is 16.5. The van der Waals surface area contributed by atoms with E-state index in [2.05, 4.69) is 25.1 Å². The van der Waals surface area contributed by atoms with Gasteiger partial charge in [-0.1, -0.05) is 49.4 Å². The van der Waals surface area contributed by atoms with E-state index >= 15 is 0 Å². The Labute approximate surface area is 142 Å². The molecule has 1 aliphatic rings. The van der Waals surface area contributed by atoms with Crippen LogP contribution in [0.2, 0.25) is 0 Å². The molecule has 2 aromatic rings. The van der Waals surface area contributed by atoms with Gasteiger partial charge in [0, 0.05) is 17.4 Å². The van der Waals surface area contributed by atoms with Gasteiger partial charge in [0.05, 0.1) is 18.7 Å². The Morgan fingerprint density at radius 2 is 2.04 bits per heavy atom. The van der Waals surface area contributed by atoms with E-state index in [1.54, 1.807) is 0 Å². The van der Waals surface area contributed by atoms with Crippen molar-refractivity contribution < 1.29 is 9.53 Å². The molecule has 120 valence electrons. The largest absolute Gasteiger partial charge is 0.466 e. The van der Waals surface area contributed by atoms with Crippen LogP contribution in [0.5, 0.6) is 0 Å². The van der Waals surface area contributed by atoms with Crippen LogP contribution in [0.25, 0.3) is 0 Å². The summed E-state index contributed by atoms with van der Waals surface area (Å²) in [6.07, 6.45) is 4.27. The Bertz CT molecular complexity index is 833. The van der Waals surface area contributed by atoms with E-state index < -0.39 is 0 Å². The van der Waals surface area contributed by atoms with Crippen molar-refractivity contribution in [3.8, 4) is 6.07 Å². The molecule has 0 heterocycles. The number of nitriles is 1. The van der Waals surface area contributed by atoms with Crippen LogP contribution in [0.3, 0.4) is 0 Å². The predicted octanol–water partition coefficient (Wildman–Crippen LogP) is 3.98. The summed E-state index contributed by atoms with van der Waals surface area (Å²) < 4.78 is 4.74. The van der Waals surface area contributed by atoms with Crippen molar-refractivity contribution in [2.45, 2.75) is 19.3 Å². The van der Waals surface area contributed by atoms with Crippen LogP contribution >= 0.6 is 0 Å². The van der Waals surface area contributed by atoms with Gasteiger partial charge in [-0.25, -0.2) is 4.79 Å². The Morgan fingerprint density at radius 1 is 1.29 bits per heavy atom. The van der Waals surface area contributed by atoms with Gasteiger partial charge in [0.15, 0.2) is 0 Å². The first kappa shape index (κ1) is 16.0. The molecule has 0 spiro atoms. The van der Waals surface area contributed by atoms with Crippen molar-refractivity contribution in [1.82, 2.24) is 0 Å². The third-order valence-electron chi connectivity index (χ3n) is 4.75. The maximum atomic E-state index is 11.6. The average Bonchev–Trinajstić information content (AvgIpc) is 2.91. The minimum absolute atomic E-state index is 0.0999. The van der Waals surface area contributed by atoms with Gasteiger partial charge in [-0.2, -0.15) is 5.26 Å². The number of nitrogens with zero attached hydrogens (tertiary/aromatic N) is 1. The summed E-state index contributed by atoms with van der Waals surface area (Å²) in [5.41, 5.74) is 3.99. The molecule has 0 radical (unpaired) electrons. The Kier molecular flexibility index (Phi) is 4.22. The van der Waals surface area contributed by atoms with Crippen LogP contribution in [-0.4, -0.2) is 13.1 Å². The molecule has 0 aliphatic heterocycles. The molecule has 0 aromatic heterocycles. The summed E-state index contributed by atoms with van der Waals surface area (Å²) in [4.78, 5) is 11.6. The zero-order valence-corrected chi connectivity index (χ0v) is 13.8. The van der Waals surface area contributed by atoms with Gasteiger partial charge in [0.2, 0.25) is 0 Å². The second-order valence-corrected chi connectivity index (χ2v) is 6.41. The van der Waals surface area contributed by atoms with Crippen molar-refractivity contribution in [3.63, 3.8) is 0 Å². The number of methoxy groups -OCH3 is 1. The monoisotopic (exact) mass is 317 g/mol. The van der Waals surface area contributed by atoms with Gasteiger partial charge in [0.1, 0.15) is 0 Å². The molecule has 0 bridgehead atoms. The van der Waals surface area contributed by atoms with Crippen molar-refractivity contribution in [3.05, 3.63) is 82.9 Å². The molecule has 0 amide bonds. The topological polar surface area (TPSA) is 50.1 Å². The van der Waals surface area contributed by atoms with Crippen molar-refractivity contribution in [2.24, 2.45) is 5.41 Å². The number of allylic oxidation sites excluding steroid dienone is 1.